The lowest BCUT2D eigenvalue weighted by Gasteiger charge is -2.27. The summed E-state index contributed by atoms with van der Waals surface area (Å²) in [5.74, 6) is 1.08. The largest absolute Gasteiger partial charge is 0.376 e. The highest BCUT2D eigenvalue weighted by Gasteiger charge is 2.21. The van der Waals surface area contributed by atoms with Crippen LogP contribution in [0.2, 0.25) is 0 Å². The Balaban J connectivity index is 2.11. The Bertz CT molecular complexity index is 404. The third-order valence-corrected chi connectivity index (χ3v) is 4.00. The number of hydrogen-bond acceptors (Lipinski definition) is 4. The molecule has 112 valence electrons. The van der Waals surface area contributed by atoms with E-state index in [2.05, 4.69) is 29.8 Å². The molecule has 4 nitrogen and oxygen atoms in total. The molecule has 1 aromatic heterocycles. The highest BCUT2D eigenvalue weighted by molar-refractivity contribution is 5.47. The van der Waals surface area contributed by atoms with E-state index in [4.69, 9.17) is 10.5 Å². The van der Waals surface area contributed by atoms with Gasteiger partial charge in [0.2, 0.25) is 0 Å². The van der Waals surface area contributed by atoms with Crippen LogP contribution in [0.1, 0.15) is 38.7 Å². The minimum Gasteiger partial charge on any atom is -0.376 e. The second-order valence-corrected chi connectivity index (χ2v) is 5.53. The van der Waals surface area contributed by atoms with Gasteiger partial charge >= 0.3 is 0 Å². The molecule has 0 radical (unpaired) electrons. The molecule has 1 aromatic rings. The first-order chi connectivity index (χ1) is 9.74. The molecule has 2 N–H and O–H groups in total. The molecular formula is C16H27N3O. The summed E-state index contributed by atoms with van der Waals surface area (Å²) >= 11 is 0. The van der Waals surface area contributed by atoms with Crippen molar-refractivity contribution in [1.82, 2.24) is 4.98 Å². The molecule has 1 aliphatic heterocycles. The van der Waals surface area contributed by atoms with Gasteiger partial charge in [0, 0.05) is 31.9 Å². The minimum atomic E-state index is 0.208. The van der Waals surface area contributed by atoms with E-state index < -0.39 is 0 Å². The van der Waals surface area contributed by atoms with E-state index in [0.717, 1.165) is 44.8 Å². The Morgan fingerprint density at radius 2 is 2.35 bits per heavy atom. The molecule has 2 atom stereocenters. The highest BCUT2D eigenvalue weighted by Crippen LogP contribution is 2.22. The predicted octanol–water partition coefficient (Wildman–Crippen LogP) is 2.37. The van der Waals surface area contributed by atoms with E-state index in [9.17, 15) is 0 Å². The summed E-state index contributed by atoms with van der Waals surface area (Å²) in [6.45, 7) is 7.09. The van der Waals surface area contributed by atoms with Crippen molar-refractivity contribution in [2.45, 2.75) is 51.7 Å². The quantitative estimate of drug-likeness (QED) is 0.831. The smallest absolute Gasteiger partial charge is 0.131 e. The molecule has 0 bridgehead atoms. The molecular weight excluding hydrogens is 250 g/mol. The number of pyridine rings is 1. The number of likely N-dealkylation sites (N-methyl/N-ethyl adjacent to an activating group) is 1. The van der Waals surface area contributed by atoms with Crippen molar-refractivity contribution in [3.63, 3.8) is 0 Å². The Morgan fingerprint density at radius 3 is 3.00 bits per heavy atom. The monoisotopic (exact) mass is 277 g/mol. The molecule has 20 heavy (non-hydrogen) atoms. The molecule has 2 heterocycles. The van der Waals surface area contributed by atoms with Gasteiger partial charge in [-0.2, -0.15) is 0 Å². The number of hydrogen-bond donors (Lipinski definition) is 1. The van der Waals surface area contributed by atoms with Crippen molar-refractivity contribution in [2.24, 2.45) is 5.73 Å². The molecule has 1 aliphatic rings. The molecule has 0 spiro atoms. The molecule has 0 aromatic carbocycles. The maximum Gasteiger partial charge on any atom is 0.131 e. The third kappa shape index (κ3) is 3.93. The van der Waals surface area contributed by atoms with Gasteiger partial charge in [-0.3, -0.25) is 0 Å². The zero-order chi connectivity index (χ0) is 14.4. The topological polar surface area (TPSA) is 51.4 Å². The maximum absolute atomic E-state index is 6.11. The predicted molar refractivity (Wildman–Crippen MR) is 83.1 cm³/mol. The van der Waals surface area contributed by atoms with E-state index in [-0.39, 0.29) is 6.04 Å². The third-order valence-electron chi connectivity index (χ3n) is 4.00. The van der Waals surface area contributed by atoms with Crippen molar-refractivity contribution in [3.05, 3.63) is 23.9 Å². The first kappa shape index (κ1) is 15.3. The Labute approximate surface area is 122 Å². The summed E-state index contributed by atoms with van der Waals surface area (Å²) in [4.78, 5) is 6.92. The SMILES string of the molecule is CCC(N)Cc1cccnc1N(CC)CC1CCCO1. The van der Waals surface area contributed by atoms with Crippen LogP contribution >= 0.6 is 0 Å². The van der Waals surface area contributed by atoms with Gasteiger partial charge in [-0.15, -0.1) is 0 Å². The minimum absolute atomic E-state index is 0.208. The van der Waals surface area contributed by atoms with E-state index in [0.29, 0.717) is 6.10 Å². The van der Waals surface area contributed by atoms with Crippen LogP contribution in [-0.2, 0) is 11.2 Å². The molecule has 4 heteroatoms. The fourth-order valence-corrected chi connectivity index (χ4v) is 2.70. The van der Waals surface area contributed by atoms with Gasteiger partial charge in [-0.25, -0.2) is 4.98 Å². The van der Waals surface area contributed by atoms with E-state index in [1.54, 1.807) is 0 Å². The van der Waals surface area contributed by atoms with Crippen molar-refractivity contribution in [2.75, 3.05) is 24.6 Å². The number of anilines is 1. The van der Waals surface area contributed by atoms with Gasteiger partial charge in [0.15, 0.2) is 0 Å². The van der Waals surface area contributed by atoms with Crippen LogP contribution in [0.4, 0.5) is 5.82 Å². The van der Waals surface area contributed by atoms with Gasteiger partial charge in [0.05, 0.1) is 6.10 Å². The maximum atomic E-state index is 6.11. The van der Waals surface area contributed by atoms with Gasteiger partial charge in [-0.05, 0) is 44.2 Å². The van der Waals surface area contributed by atoms with Crippen LogP contribution in [0.3, 0.4) is 0 Å². The van der Waals surface area contributed by atoms with E-state index >= 15 is 0 Å². The number of nitrogens with zero attached hydrogens (tertiary/aromatic N) is 2. The number of nitrogens with two attached hydrogens (primary N) is 1. The zero-order valence-electron chi connectivity index (χ0n) is 12.7. The van der Waals surface area contributed by atoms with E-state index in [1.165, 1.54) is 12.0 Å². The summed E-state index contributed by atoms with van der Waals surface area (Å²) in [5.41, 5.74) is 7.36. The number of ether oxygens (including phenoxy) is 1. The second-order valence-electron chi connectivity index (χ2n) is 5.53. The second kappa shape index (κ2) is 7.60. The van der Waals surface area contributed by atoms with Crippen molar-refractivity contribution >= 4 is 5.82 Å². The van der Waals surface area contributed by atoms with Crippen LogP contribution < -0.4 is 10.6 Å². The van der Waals surface area contributed by atoms with Crippen LogP contribution in [0.25, 0.3) is 0 Å². The normalized spacial score (nSPS) is 20.1. The van der Waals surface area contributed by atoms with Gasteiger partial charge in [0.25, 0.3) is 0 Å². The summed E-state index contributed by atoms with van der Waals surface area (Å²) in [6.07, 6.45) is 6.44. The Kier molecular flexibility index (Phi) is 5.80. The Hall–Kier alpha value is -1.13. The lowest BCUT2D eigenvalue weighted by atomic mass is 10.0. The Morgan fingerprint density at radius 1 is 1.50 bits per heavy atom. The van der Waals surface area contributed by atoms with Gasteiger partial charge in [-0.1, -0.05) is 13.0 Å². The summed E-state index contributed by atoms with van der Waals surface area (Å²) in [7, 11) is 0. The van der Waals surface area contributed by atoms with Gasteiger partial charge in [0.1, 0.15) is 5.82 Å². The fraction of sp³-hybridized carbons (Fsp3) is 0.688. The average Bonchev–Trinajstić information content (AvgIpc) is 2.98. The standard InChI is InChI=1S/C16H27N3O/c1-3-14(17)11-13-7-5-9-18-16(13)19(4-2)12-15-8-6-10-20-15/h5,7,9,14-15H,3-4,6,8,10-12,17H2,1-2H3. The molecule has 0 saturated carbocycles. The van der Waals surface area contributed by atoms with E-state index in [1.807, 2.05) is 12.3 Å². The zero-order valence-corrected chi connectivity index (χ0v) is 12.7. The van der Waals surface area contributed by atoms with Crippen LogP contribution in [0, 0.1) is 0 Å². The summed E-state index contributed by atoms with van der Waals surface area (Å²) in [5, 5.41) is 0. The summed E-state index contributed by atoms with van der Waals surface area (Å²) in [6, 6.07) is 4.36. The lowest BCUT2D eigenvalue weighted by molar-refractivity contribution is 0.115. The first-order valence-electron chi connectivity index (χ1n) is 7.80. The van der Waals surface area contributed by atoms with Crippen molar-refractivity contribution < 1.29 is 4.74 Å². The van der Waals surface area contributed by atoms with Crippen LogP contribution in [0.5, 0.6) is 0 Å². The molecule has 2 rings (SSSR count). The number of aromatic nitrogens is 1. The van der Waals surface area contributed by atoms with Crippen molar-refractivity contribution in [1.29, 1.82) is 0 Å². The molecule has 1 fully saturated rings. The number of rotatable bonds is 7. The molecule has 2 unspecified atom stereocenters. The fourth-order valence-electron chi connectivity index (χ4n) is 2.70. The van der Waals surface area contributed by atoms with Crippen LogP contribution in [-0.4, -0.2) is 36.8 Å². The van der Waals surface area contributed by atoms with Crippen molar-refractivity contribution in [3.8, 4) is 0 Å². The molecule has 0 amide bonds. The molecule has 0 aliphatic carbocycles. The first-order valence-corrected chi connectivity index (χ1v) is 7.80. The lowest BCUT2D eigenvalue weighted by Crippen LogP contribution is -2.34. The van der Waals surface area contributed by atoms with Gasteiger partial charge < -0.3 is 15.4 Å². The average molecular weight is 277 g/mol. The highest BCUT2D eigenvalue weighted by atomic mass is 16.5. The summed E-state index contributed by atoms with van der Waals surface area (Å²) < 4.78 is 5.75. The molecule has 1 saturated heterocycles. The van der Waals surface area contributed by atoms with Crippen LogP contribution in [0.15, 0.2) is 18.3 Å².